The van der Waals surface area contributed by atoms with Crippen LogP contribution >= 0.6 is 0 Å². The highest BCUT2D eigenvalue weighted by Crippen LogP contribution is 2.28. The summed E-state index contributed by atoms with van der Waals surface area (Å²) >= 11 is 0. The first-order valence-corrected chi connectivity index (χ1v) is 8.17. The number of amides is 1. The summed E-state index contributed by atoms with van der Waals surface area (Å²) in [4.78, 5) is 23.7. The van der Waals surface area contributed by atoms with Crippen molar-refractivity contribution in [1.82, 2.24) is 5.32 Å². The molecule has 1 amide bonds. The first-order chi connectivity index (χ1) is 13.0. The van der Waals surface area contributed by atoms with Crippen LogP contribution in [0.2, 0.25) is 0 Å². The third-order valence-electron chi connectivity index (χ3n) is 3.89. The van der Waals surface area contributed by atoms with Crippen LogP contribution in [0.1, 0.15) is 34.5 Å². The maximum absolute atomic E-state index is 12.5. The Labute approximate surface area is 157 Å². The summed E-state index contributed by atoms with van der Waals surface area (Å²) in [6.45, 7) is 1.60. The lowest BCUT2D eigenvalue weighted by Gasteiger charge is -2.16. The zero-order valence-corrected chi connectivity index (χ0v) is 15.3. The molecule has 0 fully saturated rings. The normalized spacial score (nSPS) is 11.0. The van der Waals surface area contributed by atoms with E-state index in [0.29, 0.717) is 22.6 Å². The number of methoxy groups -OCH3 is 2. The molecule has 1 N–H and O–H groups in total. The van der Waals surface area contributed by atoms with Crippen molar-refractivity contribution in [2.24, 2.45) is 0 Å². The molecule has 0 aliphatic heterocycles. The summed E-state index contributed by atoms with van der Waals surface area (Å²) in [5.41, 5.74) is 1.83. The first kappa shape index (κ1) is 19.8. The van der Waals surface area contributed by atoms with Gasteiger partial charge in [0.2, 0.25) is 0 Å². The molecule has 0 heterocycles. The molecule has 0 aliphatic rings. The van der Waals surface area contributed by atoms with E-state index in [1.165, 1.54) is 20.3 Å². The van der Waals surface area contributed by atoms with Crippen molar-refractivity contribution in [3.63, 3.8) is 0 Å². The van der Waals surface area contributed by atoms with Crippen LogP contribution in [0.3, 0.4) is 0 Å². The number of carbonyl (C=O) groups excluding carboxylic acids is 2. The van der Waals surface area contributed by atoms with E-state index in [2.05, 4.69) is 16.1 Å². The van der Waals surface area contributed by atoms with E-state index in [1.54, 1.807) is 36.4 Å². The number of carbonyl (C=O) groups is 2. The Bertz CT molecular complexity index is 856. The zero-order valence-electron chi connectivity index (χ0n) is 15.3. The van der Waals surface area contributed by atoms with Gasteiger partial charge in [-0.3, -0.25) is 4.79 Å². The number of nitrogens with zero attached hydrogens (tertiary/aromatic N) is 1. The molecule has 1 unspecified atom stereocenters. The average Bonchev–Trinajstić information content (AvgIpc) is 2.71. The molecular weight excluding hydrogens is 348 g/mol. The lowest BCUT2D eigenvalue weighted by atomic mass is 10.1. The van der Waals surface area contributed by atoms with E-state index in [4.69, 9.17) is 14.7 Å². The molecule has 7 heteroatoms. The molecule has 2 aromatic carbocycles. The van der Waals surface area contributed by atoms with Crippen molar-refractivity contribution in [1.29, 1.82) is 5.26 Å². The summed E-state index contributed by atoms with van der Waals surface area (Å²) < 4.78 is 15.1. The molecule has 0 saturated carbocycles. The van der Waals surface area contributed by atoms with Gasteiger partial charge < -0.3 is 19.5 Å². The minimum atomic E-state index is -0.518. The highest BCUT2D eigenvalue weighted by atomic mass is 16.6. The van der Waals surface area contributed by atoms with Crippen molar-refractivity contribution < 1.29 is 23.8 Å². The Kier molecular flexibility index (Phi) is 6.78. The Morgan fingerprint density at radius 2 is 1.81 bits per heavy atom. The van der Waals surface area contributed by atoms with Gasteiger partial charge in [-0.2, -0.15) is 5.26 Å². The number of ether oxygens (including phenoxy) is 3. The van der Waals surface area contributed by atoms with Gasteiger partial charge in [-0.15, -0.1) is 0 Å². The third-order valence-corrected chi connectivity index (χ3v) is 3.89. The van der Waals surface area contributed by atoms with Gasteiger partial charge in [0.1, 0.15) is 0 Å². The molecule has 0 saturated heterocycles. The van der Waals surface area contributed by atoms with Gasteiger partial charge in [-0.1, -0.05) is 12.1 Å². The Morgan fingerprint density at radius 1 is 1.11 bits per heavy atom. The number of benzene rings is 2. The van der Waals surface area contributed by atoms with Crippen LogP contribution in [-0.2, 0) is 9.53 Å². The summed E-state index contributed by atoms with van der Waals surface area (Å²) in [7, 11) is 2.72. The molecule has 27 heavy (non-hydrogen) atoms. The predicted octanol–water partition coefficient (Wildman–Crippen LogP) is 2.61. The van der Waals surface area contributed by atoms with Gasteiger partial charge in [0.25, 0.3) is 5.91 Å². The van der Waals surface area contributed by atoms with Crippen LogP contribution in [0.5, 0.6) is 11.5 Å². The topological polar surface area (TPSA) is 97.6 Å². The molecular formula is C20H20N2O5. The second kappa shape index (κ2) is 9.25. The third kappa shape index (κ3) is 5.22. The molecule has 0 radical (unpaired) electrons. The quantitative estimate of drug-likeness (QED) is 0.755. The van der Waals surface area contributed by atoms with Crippen LogP contribution in [0.15, 0.2) is 42.5 Å². The van der Waals surface area contributed by atoms with Crippen LogP contribution < -0.4 is 14.8 Å². The zero-order chi connectivity index (χ0) is 19.8. The summed E-state index contributed by atoms with van der Waals surface area (Å²) in [5, 5.41) is 11.7. The lowest BCUT2D eigenvalue weighted by Crippen LogP contribution is -2.26. The Hall–Kier alpha value is -3.53. The van der Waals surface area contributed by atoms with Gasteiger partial charge in [0.15, 0.2) is 18.1 Å². The fourth-order valence-electron chi connectivity index (χ4n) is 2.33. The summed E-state index contributed by atoms with van der Waals surface area (Å²) in [6, 6.07) is 13.5. The maximum atomic E-state index is 12.5. The highest BCUT2D eigenvalue weighted by Gasteiger charge is 2.15. The van der Waals surface area contributed by atoms with E-state index in [-0.39, 0.29) is 18.6 Å². The number of rotatable bonds is 7. The van der Waals surface area contributed by atoms with Crippen molar-refractivity contribution in [2.75, 3.05) is 20.8 Å². The van der Waals surface area contributed by atoms with Crippen LogP contribution in [0.4, 0.5) is 0 Å². The number of esters is 1. The fraction of sp³-hybridized carbons (Fsp3) is 0.250. The second-order valence-electron chi connectivity index (χ2n) is 5.66. The van der Waals surface area contributed by atoms with E-state index in [1.807, 2.05) is 6.92 Å². The molecule has 0 aliphatic carbocycles. The average molecular weight is 368 g/mol. The predicted molar refractivity (Wildman–Crippen MR) is 97.5 cm³/mol. The Morgan fingerprint density at radius 3 is 2.41 bits per heavy atom. The van der Waals surface area contributed by atoms with E-state index >= 15 is 0 Å². The van der Waals surface area contributed by atoms with Crippen molar-refractivity contribution in [3.8, 4) is 17.6 Å². The lowest BCUT2D eigenvalue weighted by molar-refractivity contribution is -0.142. The SMILES string of the molecule is COC(=O)COc1ccc(C(=O)NC(C)c2ccc(C#N)cc2)cc1OC. The summed E-state index contributed by atoms with van der Waals surface area (Å²) in [5.74, 6) is -0.142. The van der Waals surface area contributed by atoms with Gasteiger partial charge in [-0.05, 0) is 42.8 Å². The number of nitriles is 1. The minimum absolute atomic E-state index is 0.244. The van der Waals surface area contributed by atoms with Crippen molar-refractivity contribution >= 4 is 11.9 Å². The molecule has 7 nitrogen and oxygen atoms in total. The number of hydrogen-bond donors (Lipinski definition) is 1. The molecule has 0 aromatic heterocycles. The molecule has 0 spiro atoms. The number of nitrogens with one attached hydrogen (secondary N) is 1. The van der Waals surface area contributed by atoms with E-state index < -0.39 is 5.97 Å². The standard InChI is InChI=1S/C20H20N2O5/c1-13(15-6-4-14(11-21)5-7-15)22-20(24)16-8-9-17(18(10-16)25-2)27-12-19(23)26-3/h4-10,13H,12H2,1-3H3,(H,22,24). The molecule has 0 bridgehead atoms. The van der Waals surface area contributed by atoms with Gasteiger partial charge in [0.05, 0.1) is 31.9 Å². The molecule has 2 aromatic rings. The number of hydrogen-bond acceptors (Lipinski definition) is 6. The van der Waals surface area contributed by atoms with Crippen molar-refractivity contribution in [2.45, 2.75) is 13.0 Å². The smallest absolute Gasteiger partial charge is 0.343 e. The summed E-state index contributed by atoms with van der Waals surface area (Å²) in [6.07, 6.45) is 0. The van der Waals surface area contributed by atoms with E-state index in [0.717, 1.165) is 5.56 Å². The molecule has 1 atom stereocenters. The second-order valence-corrected chi connectivity index (χ2v) is 5.66. The van der Waals surface area contributed by atoms with Gasteiger partial charge >= 0.3 is 5.97 Å². The molecule has 2 rings (SSSR count). The van der Waals surface area contributed by atoms with Crippen LogP contribution in [-0.4, -0.2) is 32.7 Å². The first-order valence-electron chi connectivity index (χ1n) is 8.17. The monoisotopic (exact) mass is 368 g/mol. The largest absolute Gasteiger partial charge is 0.493 e. The molecule has 140 valence electrons. The van der Waals surface area contributed by atoms with E-state index in [9.17, 15) is 9.59 Å². The van der Waals surface area contributed by atoms with Gasteiger partial charge in [-0.25, -0.2) is 4.79 Å². The Balaban J connectivity index is 2.08. The minimum Gasteiger partial charge on any atom is -0.493 e. The van der Waals surface area contributed by atoms with Crippen LogP contribution in [0, 0.1) is 11.3 Å². The van der Waals surface area contributed by atoms with Crippen LogP contribution in [0.25, 0.3) is 0 Å². The fourth-order valence-corrected chi connectivity index (χ4v) is 2.33. The highest BCUT2D eigenvalue weighted by molar-refractivity contribution is 5.95. The van der Waals surface area contributed by atoms with Crippen molar-refractivity contribution in [3.05, 3.63) is 59.2 Å². The maximum Gasteiger partial charge on any atom is 0.343 e. The van der Waals surface area contributed by atoms with Gasteiger partial charge in [0, 0.05) is 5.56 Å².